The molecule has 4 nitrogen and oxygen atoms in total. The van der Waals surface area contributed by atoms with E-state index in [-0.39, 0.29) is 12.1 Å². The van der Waals surface area contributed by atoms with Gasteiger partial charge in [0.1, 0.15) is 17.6 Å². The highest BCUT2D eigenvalue weighted by molar-refractivity contribution is 9.10. The van der Waals surface area contributed by atoms with Gasteiger partial charge in [0.25, 0.3) is 0 Å². The van der Waals surface area contributed by atoms with Gasteiger partial charge in [-0.25, -0.2) is 0 Å². The first-order chi connectivity index (χ1) is 15.9. The van der Waals surface area contributed by atoms with Crippen molar-refractivity contribution in [3.05, 3.63) is 104 Å². The fourth-order valence-corrected chi connectivity index (χ4v) is 5.14. The highest BCUT2D eigenvalue weighted by Gasteiger charge is 2.42. The minimum atomic E-state index is -0.243. The monoisotopic (exact) mass is 557 g/mol. The number of rotatable bonds is 4. The summed E-state index contributed by atoms with van der Waals surface area (Å²) in [5.41, 5.74) is 3.74. The number of pyridine rings is 1. The van der Waals surface area contributed by atoms with Gasteiger partial charge in [0.2, 0.25) is 0 Å². The van der Waals surface area contributed by atoms with E-state index in [1.54, 1.807) is 18.3 Å². The molecule has 3 heterocycles. The summed E-state index contributed by atoms with van der Waals surface area (Å²) in [5, 5.41) is 5.17. The lowest BCUT2D eigenvalue weighted by Gasteiger charge is -2.26. The third-order valence-corrected chi connectivity index (χ3v) is 7.38. The second kappa shape index (κ2) is 9.11. The molecule has 166 valence electrons. The molecule has 0 aliphatic carbocycles. The number of hydrogen-bond donors (Lipinski definition) is 1. The maximum absolute atomic E-state index is 6.44. The number of aryl methyl sites for hydroxylation is 1. The van der Waals surface area contributed by atoms with Gasteiger partial charge in [0.15, 0.2) is 5.11 Å². The van der Waals surface area contributed by atoms with Crippen LogP contribution in [0.15, 0.2) is 81.8 Å². The minimum absolute atomic E-state index is 0.192. The smallest absolute Gasteiger partial charge is 0.174 e. The molecule has 2 atom stereocenters. The zero-order valence-electron chi connectivity index (χ0n) is 17.4. The van der Waals surface area contributed by atoms with Crippen molar-refractivity contribution in [3.8, 4) is 11.3 Å². The van der Waals surface area contributed by atoms with E-state index in [0.29, 0.717) is 20.9 Å². The molecule has 2 aromatic heterocycles. The van der Waals surface area contributed by atoms with Gasteiger partial charge in [-0.3, -0.25) is 4.98 Å². The van der Waals surface area contributed by atoms with Crippen LogP contribution < -0.4 is 10.2 Å². The average Bonchev–Trinajstić information content (AvgIpc) is 3.41. The van der Waals surface area contributed by atoms with Crippen LogP contribution in [0.5, 0.6) is 0 Å². The number of benzene rings is 2. The number of furan rings is 1. The van der Waals surface area contributed by atoms with Crippen molar-refractivity contribution < 1.29 is 4.42 Å². The summed E-state index contributed by atoms with van der Waals surface area (Å²) < 4.78 is 7.42. The van der Waals surface area contributed by atoms with E-state index in [9.17, 15) is 0 Å². The van der Waals surface area contributed by atoms with Crippen LogP contribution in [0.25, 0.3) is 11.3 Å². The number of nitrogens with zero attached hydrogens (tertiary/aromatic N) is 2. The number of halogens is 3. The first-order valence-corrected chi connectivity index (χ1v) is 12.2. The summed E-state index contributed by atoms with van der Waals surface area (Å²) in [7, 11) is 0. The Hall–Kier alpha value is -2.38. The molecule has 0 saturated carbocycles. The summed E-state index contributed by atoms with van der Waals surface area (Å²) in [6.45, 7) is 2.05. The van der Waals surface area contributed by atoms with Crippen molar-refractivity contribution in [2.75, 3.05) is 4.90 Å². The predicted molar refractivity (Wildman–Crippen MR) is 141 cm³/mol. The second-order valence-electron chi connectivity index (χ2n) is 7.76. The molecule has 33 heavy (non-hydrogen) atoms. The summed E-state index contributed by atoms with van der Waals surface area (Å²) in [5.74, 6) is 1.41. The van der Waals surface area contributed by atoms with Crippen LogP contribution in [0.4, 0.5) is 5.69 Å². The number of aromatic nitrogens is 1. The number of hydrogen-bond acceptors (Lipinski definition) is 3. The van der Waals surface area contributed by atoms with E-state index in [4.69, 9.17) is 39.8 Å². The van der Waals surface area contributed by atoms with Gasteiger partial charge in [-0.1, -0.05) is 45.2 Å². The number of anilines is 1. The molecule has 0 bridgehead atoms. The molecule has 5 rings (SSSR count). The molecule has 1 aliphatic heterocycles. The summed E-state index contributed by atoms with van der Waals surface area (Å²) in [6, 6.07) is 20.8. The van der Waals surface area contributed by atoms with E-state index >= 15 is 0 Å². The standard InChI is InChI=1S/C25H18BrCl2N3OS/c1-14-12-16(6-8-18(14)26)31-24(23(30-25(31)33)20-4-2-3-11-29-20)22-10-9-21(32-22)17-7-5-15(27)13-19(17)28/h2-13,23-24H,1H3,(H,30,33)/t23-,24+/m0/s1. The van der Waals surface area contributed by atoms with Crippen LogP contribution in [-0.4, -0.2) is 10.1 Å². The van der Waals surface area contributed by atoms with E-state index in [1.165, 1.54) is 0 Å². The maximum atomic E-state index is 6.44. The van der Waals surface area contributed by atoms with Crippen LogP contribution in [0.3, 0.4) is 0 Å². The lowest BCUT2D eigenvalue weighted by molar-refractivity contribution is 0.439. The van der Waals surface area contributed by atoms with E-state index in [2.05, 4.69) is 44.1 Å². The quantitative estimate of drug-likeness (QED) is 0.258. The molecule has 1 aliphatic rings. The Balaban J connectivity index is 1.61. The van der Waals surface area contributed by atoms with Crippen molar-refractivity contribution in [2.24, 2.45) is 0 Å². The highest BCUT2D eigenvalue weighted by Crippen LogP contribution is 2.44. The largest absolute Gasteiger partial charge is 0.459 e. The van der Waals surface area contributed by atoms with Crippen molar-refractivity contribution in [1.82, 2.24) is 10.3 Å². The Bertz CT molecular complexity index is 1340. The molecule has 0 amide bonds. The van der Waals surface area contributed by atoms with Crippen molar-refractivity contribution in [1.29, 1.82) is 0 Å². The molecule has 0 spiro atoms. The van der Waals surface area contributed by atoms with E-state index < -0.39 is 0 Å². The minimum Gasteiger partial charge on any atom is -0.459 e. The molecular formula is C25H18BrCl2N3OS. The third-order valence-electron chi connectivity index (χ3n) is 5.63. The molecule has 0 unspecified atom stereocenters. The fraction of sp³-hybridized carbons (Fsp3) is 0.120. The zero-order chi connectivity index (χ0) is 23.1. The van der Waals surface area contributed by atoms with Crippen molar-refractivity contribution in [3.63, 3.8) is 0 Å². The van der Waals surface area contributed by atoms with E-state index in [0.717, 1.165) is 32.7 Å². The van der Waals surface area contributed by atoms with Crippen molar-refractivity contribution in [2.45, 2.75) is 19.0 Å². The maximum Gasteiger partial charge on any atom is 0.174 e. The Labute approximate surface area is 215 Å². The van der Waals surface area contributed by atoms with Crippen LogP contribution in [0, 0.1) is 6.92 Å². The van der Waals surface area contributed by atoms with Gasteiger partial charge >= 0.3 is 0 Å². The van der Waals surface area contributed by atoms with Crippen LogP contribution >= 0.6 is 51.3 Å². The highest BCUT2D eigenvalue weighted by atomic mass is 79.9. The Morgan fingerprint density at radius 3 is 2.64 bits per heavy atom. The zero-order valence-corrected chi connectivity index (χ0v) is 21.3. The van der Waals surface area contributed by atoms with Gasteiger partial charge in [-0.15, -0.1) is 0 Å². The summed E-state index contributed by atoms with van der Waals surface area (Å²) in [4.78, 5) is 6.67. The van der Waals surface area contributed by atoms with Gasteiger partial charge in [0, 0.05) is 26.9 Å². The molecule has 8 heteroatoms. The normalized spacial score (nSPS) is 17.9. The molecular weight excluding hydrogens is 541 g/mol. The molecule has 0 radical (unpaired) electrons. The predicted octanol–water partition coefficient (Wildman–Crippen LogP) is 7.90. The molecule has 1 saturated heterocycles. The molecule has 4 aromatic rings. The SMILES string of the molecule is Cc1cc(N2C(=S)N[C@@H](c3ccccn3)[C@H]2c2ccc(-c3ccc(Cl)cc3Cl)o2)ccc1Br. The summed E-state index contributed by atoms with van der Waals surface area (Å²) in [6.07, 6.45) is 1.78. The average molecular weight is 559 g/mol. The number of nitrogens with one attached hydrogen (secondary N) is 1. The Kier molecular flexibility index (Phi) is 6.18. The lowest BCUT2D eigenvalue weighted by Crippen LogP contribution is -2.29. The Morgan fingerprint density at radius 2 is 1.91 bits per heavy atom. The fourth-order valence-electron chi connectivity index (χ4n) is 4.05. The topological polar surface area (TPSA) is 41.3 Å². The second-order valence-corrected chi connectivity index (χ2v) is 9.84. The molecule has 2 aromatic carbocycles. The van der Waals surface area contributed by atoms with Crippen LogP contribution in [0.1, 0.15) is 29.1 Å². The molecule has 1 N–H and O–H groups in total. The third kappa shape index (κ3) is 4.28. The first-order valence-electron chi connectivity index (χ1n) is 10.2. The first kappa shape index (κ1) is 22.4. The Morgan fingerprint density at radius 1 is 1.06 bits per heavy atom. The van der Waals surface area contributed by atoms with Crippen molar-refractivity contribution >= 4 is 62.1 Å². The number of thiocarbonyl (C=S) groups is 1. The van der Waals surface area contributed by atoms with Gasteiger partial charge in [-0.2, -0.15) is 0 Å². The lowest BCUT2D eigenvalue weighted by atomic mass is 10.0. The van der Waals surface area contributed by atoms with Gasteiger partial charge in [0.05, 0.1) is 16.8 Å². The van der Waals surface area contributed by atoms with Crippen LogP contribution in [-0.2, 0) is 0 Å². The molecule has 1 fully saturated rings. The van der Waals surface area contributed by atoms with E-state index in [1.807, 2.05) is 48.5 Å². The summed E-state index contributed by atoms with van der Waals surface area (Å²) >= 11 is 21.9. The van der Waals surface area contributed by atoms with Crippen LogP contribution in [0.2, 0.25) is 10.0 Å². The van der Waals surface area contributed by atoms with Gasteiger partial charge < -0.3 is 14.6 Å². The van der Waals surface area contributed by atoms with Gasteiger partial charge in [-0.05, 0) is 85.4 Å².